The van der Waals surface area contributed by atoms with Crippen LogP contribution < -0.4 is 19.8 Å². The SMILES string of the molecule is COc1cc(C2c3c(oc4ccc(Br)cc4c3=O)C(=O)N2c2ccc(C)cn2)ccc1OCC(C)C. The molecule has 3 heterocycles. The van der Waals surface area contributed by atoms with E-state index in [1.165, 1.54) is 4.90 Å². The van der Waals surface area contributed by atoms with Crippen molar-refractivity contribution >= 4 is 38.6 Å². The van der Waals surface area contributed by atoms with E-state index in [1.54, 1.807) is 49.7 Å². The number of fused-ring (bicyclic) bond motifs is 2. The van der Waals surface area contributed by atoms with E-state index in [-0.39, 0.29) is 16.8 Å². The van der Waals surface area contributed by atoms with Gasteiger partial charge in [-0.05, 0) is 60.4 Å². The van der Waals surface area contributed by atoms with Crippen molar-refractivity contribution in [1.82, 2.24) is 4.98 Å². The first-order valence-electron chi connectivity index (χ1n) is 11.6. The number of hydrogen-bond acceptors (Lipinski definition) is 6. The number of methoxy groups -OCH3 is 1. The van der Waals surface area contributed by atoms with Crippen molar-refractivity contribution in [3.8, 4) is 11.5 Å². The number of anilines is 1. The van der Waals surface area contributed by atoms with Crippen LogP contribution in [0.2, 0.25) is 0 Å². The standard InChI is InChI=1S/C28H25BrN2O5/c1-15(2)14-35-21-8-6-17(11-22(21)34-4)25-24-26(32)19-12-18(29)7-9-20(19)36-27(24)28(33)31(25)23-10-5-16(3)13-30-23/h5-13,15,25H,14H2,1-4H3. The van der Waals surface area contributed by atoms with Crippen molar-refractivity contribution < 1.29 is 18.7 Å². The minimum absolute atomic E-state index is 0.0151. The van der Waals surface area contributed by atoms with Gasteiger partial charge in [0.25, 0.3) is 5.91 Å². The molecule has 0 spiro atoms. The fourth-order valence-electron chi connectivity index (χ4n) is 4.33. The van der Waals surface area contributed by atoms with Gasteiger partial charge in [-0.2, -0.15) is 0 Å². The quantitative estimate of drug-likeness (QED) is 0.291. The zero-order chi connectivity index (χ0) is 25.6. The van der Waals surface area contributed by atoms with Gasteiger partial charge >= 0.3 is 0 Å². The van der Waals surface area contributed by atoms with Gasteiger partial charge < -0.3 is 13.9 Å². The Balaban J connectivity index is 1.73. The summed E-state index contributed by atoms with van der Waals surface area (Å²) in [6, 6.07) is 13.5. The number of carbonyl (C=O) groups excluding carboxylic acids is 1. The molecule has 2 aromatic heterocycles. The largest absolute Gasteiger partial charge is 0.493 e. The minimum atomic E-state index is -0.754. The lowest BCUT2D eigenvalue weighted by atomic mass is 9.98. The molecular formula is C28H25BrN2O5. The van der Waals surface area contributed by atoms with E-state index in [4.69, 9.17) is 13.9 Å². The van der Waals surface area contributed by atoms with Crippen LogP contribution in [0.5, 0.6) is 11.5 Å². The predicted octanol–water partition coefficient (Wildman–Crippen LogP) is 6.05. The molecule has 36 heavy (non-hydrogen) atoms. The molecule has 1 amide bonds. The Kier molecular flexibility index (Phi) is 6.30. The first kappa shape index (κ1) is 24.1. The van der Waals surface area contributed by atoms with Crippen LogP contribution in [0, 0.1) is 12.8 Å². The number of pyridine rings is 1. The summed E-state index contributed by atoms with van der Waals surface area (Å²) in [5.74, 6) is 1.46. The van der Waals surface area contributed by atoms with Gasteiger partial charge in [0.2, 0.25) is 5.76 Å². The molecule has 0 saturated carbocycles. The van der Waals surface area contributed by atoms with E-state index in [0.29, 0.717) is 46.4 Å². The minimum Gasteiger partial charge on any atom is -0.493 e. The number of aryl methyl sites for hydroxylation is 1. The maximum Gasteiger partial charge on any atom is 0.296 e. The van der Waals surface area contributed by atoms with E-state index in [2.05, 4.69) is 34.8 Å². The second-order valence-electron chi connectivity index (χ2n) is 9.20. The summed E-state index contributed by atoms with van der Waals surface area (Å²) < 4.78 is 18.3. The summed E-state index contributed by atoms with van der Waals surface area (Å²) in [5.41, 5.74) is 1.99. The van der Waals surface area contributed by atoms with Crippen molar-refractivity contribution in [2.75, 3.05) is 18.6 Å². The van der Waals surface area contributed by atoms with Crippen LogP contribution >= 0.6 is 15.9 Å². The summed E-state index contributed by atoms with van der Waals surface area (Å²) in [7, 11) is 1.56. The van der Waals surface area contributed by atoms with E-state index in [1.807, 2.05) is 19.1 Å². The van der Waals surface area contributed by atoms with Crippen LogP contribution in [0.15, 0.2) is 68.4 Å². The maximum absolute atomic E-state index is 13.8. The Morgan fingerprint density at radius 3 is 2.58 bits per heavy atom. The molecule has 1 unspecified atom stereocenters. The summed E-state index contributed by atoms with van der Waals surface area (Å²) in [5, 5.41) is 0.392. The molecule has 0 radical (unpaired) electrons. The van der Waals surface area contributed by atoms with Crippen LogP contribution in [-0.2, 0) is 0 Å². The molecule has 184 valence electrons. The predicted molar refractivity (Wildman–Crippen MR) is 141 cm³/mol. The van der Waals surface area contributed by atoms with Crippen molar-refractivity contribution in [2.45, 2.75) is 26.8 Å². The van der Waals surface area contributed by atoms with Gasteiger partial charge in [0.05, 0.1) is 30.7 Å². The van der Waals surface area contributed by atoms with E-state index >= 15 is 0 Å². The normalized spacial score (nSPS) is 15.0. The zero-order valence-electron chi connectivity index (χ0n) is 20.4. The molecule has 2 aromatic carbocycles. The highest BCUT2D eigenvalue weighted by Gasteiger charge is 2.44. The number of benzene rings is 2. The molecule has 7 nitrogen and oxygen atoms in total. The van der Waals surface area contributed by atoms with Gasteiger partial charge in [-0.1, -0.05) is 41.9 Å². The summed E-state index contributed by atoms with van der Waals surface area (Å²) in [6.07, 6.45) is 1.69. The summed E-state index contributed by atoms with van der Waals surface area (Å²) in [4.78, 5) is 33.5. The highest BCUT2D eigenvalue weighted by Crippen LogP contribution is 2.43. The van der Waals surface area contributed by atoms with Gasteiger partial charge in [-0.3, -0.25) is 14.5 Å². The van der Waals surface area contributed by atoms with Gasteiger partial charge in [0, 0.05) is 10.7 Å². The number of carbonyl (C=O) groups is 1. The Labute approximate surface area is 216 Å². The van der Waals surface area contributed by atoms with Crippen LogP contribution in [0.25, 0.3) is 11.0 Å². The number of nitrogens with zero attached hydrogens (tertiary/aromatic N) is 2. The molecule has 1 aliphatic heterocycles. The second-order valence-corrected chi connectivity index (χ2v) is 10.1. The van der Waals surface area contributed by atoms with Crippen LogP contribution in [0.1, 0.15) is 47.1 Å². The lowest BCUT2D eigenvalue weighted by Gasteiger charge is -2.25. The molecule has 0 fully saturated rings. The molecular weight excluding hydrogens is 524 g/mol. The molecule has 1 atom stereocenters. The van der Waals surface area contributed by atoms with Crippen molar-refractivity contribution in [3.05, 3.63) is 91.9 Å². The number of amides is 1. The first-order valence-corrected chi connectivity index (χ1v) is 12.4. The molecule has 8 heteroatoms. The Hall–Kier alpha value is -3.65. The lowest BCUT2D eigenvalue weighted by molar-refractivity contribution is 0.0970. The first-order chi connectivity index (χ1) is 17.3. The molecule has 1 aliphatic rings. The maximum atomic E-state index is 13.8. The van der Waals surface area contributed by atoms with E-state index in [0.717, 1.165) is 10.0 Å². The fraction of sp³-hybridized carbons (Fsp3) is 0.250. The number of ether oxygens (including phenoxy) is 2. The molecule has 0 bridgehead atoms. The highest BCUT2D eigenvalue weighted by atomic mass is 79.9. The van der Waals surface area contributed by atoms with Crippen LogP contribution in [-0.4, -0.2) is 24.6 Å². The third-order valence-corrected chi connectivity index (χ3v) is 6.54. The molecule has 0 N–H and O–H groups in total. The third-order valence-electron chi connectivity index (χ3n) is 6.05. The van der Waals surface area contributed by atoms with Crippen molar-refractivity contribution in [1.29, 1.82) is 0 Å². The molecule has 0 saturated heterocycles. The number of aromatic nitrogens is 1. The zero-order valence-corrected chi connectivity index (χ0v) is 22.0. The molecule has 5 rings (SSSR count). The molecule has 4 aromatic rings. The molecule has 0 aliphatic carbocycles. The fourth-order valence-corrected chi connectivity index (χ4v) is 4.69. The van der Waals surface area contributed by atoms with E-state index in [9.17, 15) is 9.59 Å². The summed E-state index contributed by atoms with van der Waals surface area (Å²) in [6.45, 7) is 6.59. The van der Waals surface area contributed by atoms with Gasteiger partial charge in [0.15, 0.2) is 16.9 Å². The second kappa shape index (κ2) is 9.43. The number of hydrogen-bond donors (Lipinski definition) is 0. The Morgan fingerprint density at radius 1 is 1.08 bits per heavy atom. The topological polar surface area (TPSA) is 81.9 Å². The van der Waals surface area contributed by atoms with Crippen molar-refractivity contribution in [3.63, 3.8) is 0 Å². The van der Waals surface area contributed by atoms with E-state index < -0.39 is 11.9 Å². The smallest absolute Gasteiger partial charge is 0.296 e. The van der Waals surface area contributed by atoms with Crippen LogP contribution in [0.4, 0.5) is 5.82 Å². The average Bonchev–Trinajstić information content (AvgIpc) is 3.16. The average molecular weight is 549 g/mol. The van der Waals surface area contributed by atoms with Crippen LogP contribution in [0.3, 0.4) is 0 Å². The van der Waals surface area contributed by atoms with Crippen molar-refractivity contribution in [2.24, 2.45) is 5.92 Å². The third kappa shape index (κ3) is 4.15. The number of rotatable bonds is 6. The Bertz CT molecular complexity index is 1530. The Morgan fingerprint density at radius 2 is 1.89 bits per heavy atom. The lowest BCUT2D eigenvalue weighted by Crippen LogP contribution is -2.30. The highest BCUT2D eigenvalue weighted by molar-refractivity contribution is 9.10. The number of halogens is 1. The summed E-state index contributed by atoms with van der Waals surface area (Å²) >= 11 is 3.43. The monoisotopic (exact) mass is 548 g/mol. The van der Waals surface area contributed by atoms with Gasteiger partial charge in [-0.25, -0.2) is 4.98 Å². The van der Waals surface area contributed by atoms with Gasteiger partial charge in [-0.15, -0.1) is 0 Å². The van der Waals surface area contributed by atoms with Gasteiger partial charge in [0.1, 0.15) is 11.4 Å².